The Balaban J connectivity index is 1.34. The highest BCUT2D eigenvalue weighted by atomic mass is 32.1. The number of nitrogens with one attached hydrogen (secondary N) is 2. The van der Waals surface area contributed by atoms with Crippen molar-refractivity contribution in [2.75, 3.05) is 19.0 Å². The van der Waals surface area contributed by atoms with Crippen LogP contribution in [0, 0.1) is 13.8 Å². The highest BCUT2D eigenvalue weighted by Crippen LogP contribution is 2.32. The minimum Gasteiger partial charge on any atom is -0.383 e. The fraction of sp³-hybridized carbons (Fsp3) is 0.240. The van der Waals surface area contributed by atoms with Crippen LogP contribution in [-0.4, -0.2) is 39.1 Å². The molecule has 0 fully saturated rings. The van der Waals surface area contributed by atoms with Crippen molar-refractivity contribution in [3.05, 3.63) is 64.9 Å². The number of methoxy groups -OCH3 is 1. The summed E-state index contributed by atoms with van der Waals surface area (Å²) in [6.07, 6.45) is 2.27. The number of hydrogen-bond acceptors (Lipinski definition) is 5. The number of amides is 1. The number of rotatable bonds is 7. The van der Waals surface area contributed by atoms with Gasteiger partial charge in [-0.15, -0.1) is 11.3 Å². The average Bonchev–Trinajstić information content (AvgIpc) is 3.49. The van der Waals surface area contributed by atoms with Crippen LogP contribution in [0.2, 0.25) is 0 Å². The molecule has 0 bridgehead atoms. The molecule has 0 saturated heterocycles. The van der Waals surface area contributed by atoms with Gasteiger partial charge in [-0.2, -0.15) is 0 Å². The Labute approximate surface area is 195 Å². The first-order valence-electron chi connectivity index (χ1n) is 10.8. The number of aromatic nitrogens is 4. The van der Waals surface area contributed by atoms with Gasteiger partial charge in [0.1, 0.15) is 5.82 Å². The van der Waals surface area contributed by atoms with E-state index in [-0.39, 0.29) is 12.3 Å². The van der Waals surface area contributed by atoms with Crippen molar-refractivity contribution >= 4 is 44.3 Å². The first-order chi connectivity index (χ1) is 16.0. The molecule has 7 nitrogen and oxygen atoms in total. The molecule has 0 saturated carbocycles. The van der Waals surface area contributed by atoms with Gasteiger partial charge in [-0.05, 0) is 37.1 Å². The molecule has 168 valence electrons. The van der Waals surface area contributed by atoms with E-state index in [1.807, 2.05) is 30.5 Å². The number of carbonyl (C=O) groups excluding carboxylic acids is 1. The molecule has 5 aromatic rings. The van der Waals surface area contributed by atoms with Gasteiger partial charge in [0.2, 0.25) is 5.91 Å². The molecule has 0 spiro atoms. The van der Waals surface area contributed by atoms with Crippen LogP contribution in [0.15, 0.2) is 48.0 Å². The normalized spacial score (nSPS) is 11.5. The number of thiazole rings is 1. The average molecular weight is 460 g/mol. The Hall–Kier alpha value is -3.49. The second-order valence-corrected chi connectivity index (χ2v) is 9.03. The molecule has 1 amide bonds. The Bertz CT molecular complexity index is 1460. The number of ether oxygens (including phenoxy) is 1. The van der Waals surface area contributed by atoms with E-state index >= 15 is 0 Å². The smallest absolute Gasteiger partial charge is 0.233 e. The summed E-state index contributed by atoms with van der Waals surface area (Å²) in [7, 11) is 1.70. The molecule has 5 rings (SSSR count). The van der Waals surface area contributed by atoms with Gasteiger partial charge >= 0.3 is 0 Å². The van der Waals surface area contributed by atoms with Crippen LogP contribution in [-0.2, 0) is 22.5 Å². The highest BCUT2D eigenvalue weighted by molar-refractivity contribution is 7.14. The number of imidazole rings is 1. The zero-order valence-electron chi connectivity index (χ0n) is 18.8. The number of anilines is 1. The summed E-state index contributed by atoms with van der Waals surface area (Å²) in [5.74, 6) is 0.501. The number of aryl methyl sites for hydroxylation is 2. The largest absolute Gasteiger partial charge is 0.383 e. The Morgan fingerprint density at radius 3 is 2.91 bits per heavy atom. The van der Waals surface area contributed by atoms with Gasteiger partial charge in [0, 0.05) is 41.7 Å². The second kappa shape index (κ2) is 8.80. The minimum atomic E-state index is -0.146. The lowest BCUT2D eigenvalue weighted by Crippen LogP contribution is -2.15. The summed E-state index contributed by atoms with van der Waals surface area (Å²) in [4.78, 5) is 25.2. The number of benzene rings is 2. The molecule has 3 heterocycles. The lowest BCUT2D eigenvalue weighted by molar-refractivity contribution is -0.115. The molecule has 2 aromatic carbocycles. The van der Waals surface area contributed by atoms with Crippen LogP contribution in [0.3, 0.4) is 0 Å². The molecule has 0 aliphatic heterocycles. The van der Waals surface area contributed by atoms with E-state index in [0.29, 0.717) is 17.6 Å². The lowest BCUT2D eigenvalue weighted by atomic mass is 10.1. The van der Waals surface area contributed by atoms with Crippen molar-refractivity contribution in [3.63, 3.8) is 0 Å². The molecule has 0 radical (unpaired) electrons. The van der Waals surface area contributed by atoms with Gasteiger partial charge in [0.05, 0.1) is 29.8 Å². The monoisotopic (exact) mass is 459 g/mol. The number of fused-ring (bicyclic) bond motifs is 2. The first-order valence-corrected chi connectivity index (χ1v) is 11.7. The number of hydrogen-bond donors (Lipinski definition) is 2. The van der Waals surface area contributed by atoms with Gasteiger partial charge in [0.25, 0.3) is 0 Å². The van der Waals surface area contributed by atoms with E-state index in [2.05, 4.69) is 56.2 Å². The number of aromatic amines is 1. The second-order valence-electron chi connectivity index (χ2n) is 8.17. The van der Waals surface area contributed by atoms with Gasteiger partial charge < -0.3 is 19.6 Å². The fourth-order valence-corrected chi connectivity index (χ4v) is 4.93. The van der Waals surface area contributed by atoms with Crippen molar-refractivity contribution < 1.29 is 9.53 Å². The summed E-state index contributed by atoms with van der Waals surface area (Å²) in [5, 5.41) is 6.60. The summed E-state index contributed by atoms with van der Waals surface area (Å²) in [6, 6.07) is 12.4. The fourth-order valence-electron chi connectivity index (χ4n) is 4.20. The maximum atomic E-state index is 12.7. The van der Waals surface area contributed by atoms with Gasteiger partial charge in [0.15, 0.2) is 5.13 Å². The van der Waals surface area contributed by atoms with Crippen LogP contribution < -0.4 is 5.32 Å². The van der Waals surface area contributed by atoms with Crippen LogP contribution in [0.5, 0.6) is 0 Å². The third-order valence-electron chi connectivity index (χ3n) is 5.65. The topological polar surface area (TPSA) is 84.8 Å². The molecule has 8 heteroatoms. The molecular weight excluding hydrogens is 434 g/mol. The number of nitrogens with zero attached hydrogens (tertiary/aromatic N) is 3. The van der Waals surface area contributed by atoms with Crippen LogP contribution in [0.1, 0.15) is 17.0 Å². The number of para-hydroxylation sites is 1. The minimum absolute atomic E-state index is 0.146. The Kier molecular flexibility index (Phi) is 5.70. The van der Waals surface area contributed by atoms with Crippen molar-refractivity contribution in [2.24, 2.45) is 0 Å². The lowest BCUT2D eigenvalue weighted by Gasteiger charge is -2.03. The predicted molar refractivity (Wildman–Crippen MR) is 133 cm³/mol. The molecule has 2 N–H and O–H groups in total. The van der Waals surface area contributed by atoms with E-state index < -0.39 is 0 Å². The van der Waals surface area contributed by atoms with Crippen molar-refractivity contribution in [2.45, 2.75) is 26.8 Å². The molecule has 33 heavy (non-hydrogen) atoms. The SMILES string of the molecule is COCCn1cc(-c2csc(NC(=O)Cc3nc4c(C)cc(C)cc4[nH]3)n2)c2ccccc21. The van der Waals surface area contributed by atoms with Gasteiger partial charge in [-0.25, -0.2) is 9.97 Å². The van der Waals surface area contributed by atoms with Crippen molar-refractivity contribution in [3.8, 4) is 11.3 Å². The van der Waals surface area contributed by atoms with Crippen molar-refractivity contribution in [1.82, 2.24) is 19.5 Å². The zero-order chi connectivity index (χ0) is 22.9. The molecule has 0 unspecified atom stereocenters. The van der Waals surface area contributed by atoms with Gasteiger partial charge in [-0.1, -0.05) is 24.3 Å². The number of carbonyl (C=O) groups is 1. The maximum Gasteiger partial charge on any atom is 0.233 e. The standard InChI is InChI=1S/C25H25N5O2S/c1-15-10-16(2)24-19(11-15)26-22(28-24)12-23(31)29-25-27-20(14-33-25)18-13-30(8-9-32-3)21-7-5-4-6-17(18)21/h4-7,10-11,13-14H,8-9,12H2,1-3H3,(H,26,28)(H,27,29,31). The van der Waals surface area contributed by atoms with E-state index in [1.54, 1.807) is 7.11 Å². The summed E-state index contributed by atoms with van der Waals surface area (Å²) < 4.78 is 7.43. The van der Waals surface area contributed by atoms with Crippen molar-refractivity contribution in [1.29, 1.82) is 0 Å². The third-order valence-corrected chi connectivity index (χ3v) is 6.41. The Morgan fingerprint density at radius 2 is 2.06 bits per heavy atom. The van der Waals surface area contributed by atoms with E-state index in [4.69, 9.17) is 4.74 Å². The maximum absolute atomic E-state index is 12.7. The summed E-state index contributed by atoms with van der Waals surface area (Å²) in [5.41, 5.74) is 7.15. The highest BCUT2D eigenvalue weighted by Gasteiger charge is 2.15. The molecular formula is C25H25N5O2S. The molecule has 0 aliphatic rings. The van der Waals surface area contributed by atoms with Gasteiger partial charge in [-0.3, -0.25) is 4.79 Å². The predicted octanol–water partition coefficient (Wildman–Crippen LogP) is 5.09. The summed E-state index contributed by atoms with van der Waals surface area (Å²) >= 11 is 1.42. The van der Waals surface area contributed by atoms with E-state index in [9.17, 15) is 4.79 Å². The van der Waals surface area contributed by atoms with Crippen LogP contribution in [0.4, 0.5) is 5.13 Å². The number of H-pyrrole nitrogens is 1. The first kappa shape index (κ1) is 21.4. The zero-order valence-corrected chi connectivity index (χ0v) is 19.6. The molecule has 0 atom stereocenters. The quantitative estimate of drug-likeness (QED) is 0.355. The molecule has 3 aromatic heterocycles. The van der Waals surface area contributed by atoms with E-state index in [1.165, 1.54) is 16.9 Å². The third kappa shape index (κ3) is 4.27. The van der Waals surface area contributed by atoms with Crippen LogP contribution >= 0.6 is 11.3 Å². The molecule has 0 aliphatic carbocycles. The summed E-state index contributed by atoms with van der Waals surface area (Å²) in [6.45, 7) is 5.48. The van der Waals surface area contributed by atoms with Crippen LogP contribution in [0.25, 0.3) is 33.2 Å². The van der Waals surface area contributed by atoms with E-state index in [0.717, 1.165) is 45.3 Å². The Morgan fingerprint density at radius 1 is 1.21 bits per heavy atom.